The van der Waals surface area contributed by atoms with E-state index in [-0.39, 0.29) is 35.3 Å². The van der Waals surface area contributed by atoms with Gasteiger partial charge in [-0.3, -0.25) is 9.59 Å². The van der Waals surface area contributed by atoms with Gasteiger partial charge in [-0.1, -0.05) is 25.0 Å². The number of piperidine rings is 1. The summed E-state index contributed by atoms with van der Waals surface area (Å²) < 4.78 is -0.360. The molecule has 1 saturated heterocycles. The molecule has 2 N–H and O–H groups in total. The number of ketones is 1. The fraction of sp³-hybridized carbons (Fsp3) is 0.667. The van der Waals surface area contributed by atoms with Crippen LogP contribution < -0.4 is 5.73 Å². The predicted octanol–water partition coefficient (Wildman–Crippen LogP) is 3.34. The van der Waals surface area contributed by atoms with E-state index in [0.717, 1.165) is 64.2 Å². The van der Waals surface area contributed by atoms with E-state index in [9.17, 15) is 19.2 Å². The maximum atomic E-state index is 14.4. The summed E-state index contributed by atoms with van der Waals surface area (Å²) in [5.41, 5.74) is 4.14. The van der Waals surface area contributed by atoms with Crippen LogP contribution in [0.15, 0.2) is 25.3 Å². The zero-order chi connectivity index (χ0) is 21.9. The number of amides is 3. The lowest BCUT2D eigenvalue weighted by molar-refractivity contribution is -0.840. The number of allylic oxidation sites excluding steroid dienone is 2. The first-order valence-corrected chi connectivity index (χ1v) is 11.4. The summed E-state index contributed by atoms with van der Waals surface area (Å²) in [4.78, 5) is 54.3. The molecule has 164 valence electrons. The van der Waals surface area contributed by atoms with E-state index in [1.54, 1.807) is 12.2 Å². The third kappa shape index (κ3) is 3.29. The molecule has 3 rings (SSSR count). The Kier molecular flexibility index (Phi) is 6.75. The predicted molar refractivity (Wildman–Crippen MR) is 114 cm³/mol. The second-order valence-corrected chi connectivity index (χ2v) is 9.27. The van der Waals surface area contributed by atoms with Gasteiger partial charge in [0.15, 0.2) is 11.2 Å². The Morgan fingerprint density at radius 2 is 1.33 bits per heavy atom. The first-order valence-electron chi connectivity index (χ1n) is 11.4. The fourth-order valence-corrected chi connectivity index (χ4v) is 6.33. The maximum absolute atomic E-state index is 14.4. The van der Waals surface area contributed by atoms with E-state index < -0.39 is 28.9 Å². The Labute approximate surface area is 179 Å². The molecule has 0 spiro atoms. The number of carbonyl (C=O) groups excluding carboxylic acids is 4. The highest BCUT2D eigenvalue weighted by Gasteiger charge is 2.72. The Morgan fingerprint density at radius 1 is 0.900 bits per heavy atom. The quantitative estimate of drug-likeness (QED) is 0.299. The van der Waals surface area contributed by atoms with E-state index in [1.807, 2.05) is 0 Å². The first-order chi connectivity index (χ1) is 14.4. The van der Waals surface area contributed by atoms with Crippen LogP contribution in [0.3, 0.4) is 0 Å². The lowest BCUT2D eigenvalue weighted by Gasteiger charge is -2.54. The highest BCUT2D eigenvalue weighted by atomic mass is 16.2. The van der Waals surface area contributed by atoms with Gasteiger partial charge in [-0.2, -0.15) is 4.48 Å². The lowest BCUT2D eigenvalue weighted by Crippen LogP contribution is -2.78. The van der Waals surface area contributed by atoms with Crippen LogP contribution in [-0.4, -0.2) is 40.1 Å². The topological polar surface area (TPSA) is 94.3 Å². The van der Waals surface area contributed by atoms with Crippen molar-refractivity contribution in [2.24, 2.45) is 17.1 Å². The van der Waals surface area contributed by atoms with Gasteiger partial charge < -0.3 is 5.73 Å². The Balaban J connectivity index is 2.27. The molecule has 1 atom stereocenters. The number of nitrogens with zero attached hydrogens (tertiary/aromatic N) is 1. The van der Waals surface area contributed by atoms with Crippen LogP contribution in [0, 0.1) is 11.3 Å². The van der Waals surface area contributed by atoms with Crippen molar-refractivity contribution in [3.05, 3.63) is 25.3 Å². The van der Waals surface area contributed by atoms with Gasteiger partial charge in [-0.25, -0.2) is 9.59 Å². The molecule has 6 heteroatoms. The lowest BCUT2D eigenvalue weighted by atomic mass is 9.65. The Bertz CT molecular complexity index is 716. The van der Waals surface area contributed by atoms with Crippen LogP contribution in [0.2, 0.25) is 0 Å². The van der Waals surface area contributed by atoms with Gasteiger partial charge >= 0.3 is 11.8 Å². The van der Waals surface area contributed by atoms with E-state index in [2.05, 4.69) is 13.2 Å². The van der Waals surface area contributed by atoms with Crippen LogP contribution in [0.4, 0.5) is 0 Å². The molecule has 0 bridgehead atoms. The number of Topliss-reactive ketones (excluding diaryl/α,β-unsaturated/α-hetero) is 1. The molecule has 30 heavy (non-hydrogen) atoms. The number of rotatable bonds is 7. The standard InChI is InChI=1S/C24H34N2O4/c1-3-15-24(16-4-2)20(27)19(21(25)28)22(29)26(23(24)30,17-11-7-5-8-12-17)18-13-9-6-10-14-18/h3-4,17-19H,1-2,5-16H2,(H-,25,28)/p+1. The number of hydrogen-bond donors (Lipinski definition) is 1. The second kappa shape index (κ2) is 8.96. The van der Waals surface area contributed by atoms with Crippen LogP contribution in [0.5, 0.6) is 0 Å². The number of hydrogen-bond acceptors (Lipinski definition) is 4. The molecular formula is C24H35N2O4+. The van der Waals surface area contributed by atoms with Crippen molar-refractivity contribution >= 4 is 23.5 Å². The molecule has 0 aromatic heterocycles. The van der Waals surface area contributed by atoms with E-state index in [4.69, 9.17) is 5.73 Å². The second-order valence-electron chi connectivity index (χ2n) is 9.27. The molecule has 6 nitrogen and oxygen atoms in total. The molecule has 3 amide bonds. The molecular weight excluding hydrogens is 380 g/mol. The minimum Gasteiger partial charge on any atom is -0.368 e. The summed E-state index contributed by atoms with van der Waals surface area (Å²) in [5, 5.41) is 0. The fourth-order valence-electron chi connectivity index (χ4n) is 6.33. The number of primary amides is 1. The van der Waals surface area contributed by atoms with Crippen molar-refractivity contribution in [1.29, 1.82) is 0 Å². The zero-order valence-electron chi connectivity index (χ0n) is 17.9. The first kappa shape index (κ1) is 22.6. The summed E-state index contributed by atoms with van der Waals surface area (Å²) in [6, 6.07) is -0.378. The molecule has 1 heterocycles. The summed E-state index contributed by atoms with van der Waals surface area (Å²) in [7, 11) is 0. The molecule has 0 aromatic carbocycles. The molecule has 2 saturated carbocycles. The van der Waals surface area contributed by atoms with Crippen molar-refractivity contribution in [2.45, 2.75) is 89.1 Å². The van der Waals surface area contributed by atoms with Crippen molar-refractivity contribution in [2.75, 3.05) is 0 Å². The van der Waals surface area contributed by atoms with Crippen molar-refractivity contribution in [3.63, 3.8) is 0 Å². The number of carbonyl (C=O) groups is 4. The Morgan fingerprint density at radius 3 is 1.70 bits per heavy atom. The van der Waals surface area contributed by atoms with E-state index in [0.29, 0.717) is 0 Å². The van der Waals surface area contributed by atoms with Gasteiger partial charge in [0.2, 0.25) is 11.8 Å². The summed E-state index contributed by atoms with van der Waals surface area (Å²) >= 11 is 0. The molecule has 3 aliphatic rings. The molecule has 3 fully saturated rings. The number of imide groups is 1. The van der Waals surface area contributed by atoms with Gasteiger partial charge in [0.25, 0.3) is 0 Å². The van der Waals surface area contributed by atoms with Crippen LogP contribution in [0.1, 0.15) is 77.0 Å². The molecule has 1 unspecified atom stereocenters. The van der Waals surface area contributed by atoms with Crippen LogP contribution in [-0.2, 0) is 19.2 Å². The number of nitrogens with two attached hydrogens (primary N) is 1. The minimum absolute atomic E-state index is 0.0905. The molecule has 2 aliphatic carbocycles. The summed E-state index contributed by atoms with van der Waals surface area (Å²) in [6.45, 7) is 7.53. The van der Waals surface area contributed by atoms with Crippen molar-refractivity contribution < 1.29 is 23.7 Å². The monoisotopic (exact) mass is 415 g/mol. The van der Waals surface area contributed by atoms with E-state index >= 15 is 0 Å². The number of likely N-dealkylation sites (tertiary alicyclic amines) is 1. The molecule has 0 radical (unpaired) electrons. The van der Waals surface area contributed by atoms with Gasteiger partial charge in [-0.05, 0) is 38.5 Å². The van der Waals surface area contributed by atoms with Crippen molar-refractivity contribution in [1.82, 2.24) is 0 Å². The normalized spacial score (nSPS) is 27.6. The summed E-state index contributed by atoms with van der Waals surface area (Å²) in [6.07, 6.45) is 12.2. The highest BCUT2D eigenvalue weighted by molar-refractivity contribution is 6.27. The van der Waals surface area contributed by atoms with Gasteiger partial charge in [0, 0.05) is 25.7 Å². The van der Waals surface area contributed by atoms with Gasteiger partial charge in [0.05, 0.1) is 0 Å². The van der Waals surface area contributed by atoms with Gasteiger partial charge in [-0.15, -0.1) is 13.2 Å². The highest BCUT2D eigenvalue weighted by Crippen LogP contribution is 2.49. The van der Waals surface area contributed by atoms with Crippen LogP contribution in [0.25, 0.3) is 0 Å². The third-order valence-electron chi connectivity index (χ3n) is 7.66. The molecule has 1 aliphatic heterocycles. The van der Waals surface area contributed by atoms with Gasteiger partial charge in [0.1, 0.15) is 12.1 Å². The maximum Gasteiger partial charge on any atom is 0.341 e. The third-order valence-corrected chi connectivity index (χ3v) is 7.66. The minimum atomic E-state index is -1.58. The summed E-state index contributed by atoms with van der Waals surface area (Å²) in [5.74, 6) is -4.09. The average molecular weight is 416 g/mol. The van der Waals surface area contributed by atoms with E-state index in [1.165, 1.54) is 0 Å². The smallest absolute Gasteiger partial charge is 0.341 e. The average Bonchev–Trinajstić information content (AvgIpc) is 2.74. The van der Waals surface area contributed by atoms with Crippen LogP contribution >= 0.6 is 0 Å². The Hall–Kier alpha value is -2.08. The van der Waals surface area contributed by atoms with Crippen molar-refractivity contribution in [3.8, 4) is 0 Å². The molecule has 0 aromatic rings. The SMILES string of the molecule is C=CCC1(CC=C)C(=O)C(C(N)=O)C(=O)[N+](C2CCCCC2)(C2CCCCC2)C1=O. The zero-order valence-corrected chi connectivity index (χ0v) is 17.9. The largest absolute Gasteiger partial charge is 0.368 e. The number of quaternary nitrogens is 1.